The van der Waals surface area contributed by atoms with E-state index in [1.54, 1.807) is 62.3 Å². The van der Waals surface area contributed by atoms with E-state index in [-0.39, 0.29) is 118 Å². The molecule has 0 saturated carbocycles. The number of rotatable bonds is 15. The van der Waals surface area contributed by atoms with Gasteiger partial charge < -0.3 is 114 Å². The Bertz CT molecular complexity index is 3050. The summed E-state index contributed by atoms with van der Waals surface area (Å²) in [5, 5.41) is 169. The van der Waals surface area contributed by atoms with Crippen LogP contribution < -0.4 is 0 Å². The maximum atomic E-state index is 13.9. The van der Waals surface area contributed by atoms with Crippen LogP contribution in [0.5, 0.6) is 0 Å². The zero-order valence-corrected chi connectivity index (χ0v) is 62.9. The Kier molecular flexibility index (Phi) is 32.4. The highest BCUT2D eigenvalue weighted by molar-refractivity contribution is 6.24. The van der Waals surface area contributed by atoms with Crippen LogP contribution in [0, 0.1) is 41.4 Å². The molecular formula is C77H122O28. The maximum absolute atomic E-state index is 13.9. The number of Topliss-reactive ketones (excluding diaryl/α,β-unsaturated/α-hetero) is 2. The highest BCUT2D eigenvalue weighted by Crippen LogP contribution is 2.43. The van der Waals surface area contributed by atoms with E-state index in [0.717, 1.165) is 6.08 Å². The molecule has 5 aliphatic heterocycles. The Labute approximate surface area is 616 Å². The Morgan fingerprint density at radius 3 is 1.94 bits per heavy atom. The lowest BCUT2D eigenvalue weighted by atomic mass is 9.77. The number of allylic oxidation sites excluding steroid dienone is 2. The molecule has 4 saturated heterocycles. The van der Waals surface area contributed by atoms with Gasteiger partial charge in [-0.3, -0.25) is 19.2 Å². The molecule has 0 aromatic heterocycles. The fourth-order valence-corrected chi connectivity index (χ4v) is 15.8. The van der Waals surface area contributed by atoms with Crippen molar-refractivity contribution in [2.45, 2.75) is 350 Å². The molecule has 598 valence electrons. The molecule has 1 aromatic carbocycles. The monoisotopic (exact) mass is 1490 g/mol. The zero-order chi connectivity index (χ0) is 78.0. The molecule has 0 amide bonds. The molecule has 33 atom stereocenters. The van der Waals surface area contributed by atoms with Crippen molar-refractivity contribution in [2.24, 2.45) is 41.4 Å². The van der Waals surface area contributed by atoms with E-state index >= 15 is 0 Å². The van der Waals surface area contributed by atoms with E-state index in [9.17, 15) is 101 Å². The van der Waals surface area contributed by atoms with Gasteiger partial charge in [0.15, 0.2) is 24.1 Å². The van der Waals surface area contributed by atoms with Crippen molar-refractivity contribution in [1.29, 1.82) is 0 Å². The molecule has 1 aliphatic carbocycles. The first-order chi connectivity index (χ1) is 49.2. The van der Waals surface area contributed by atoms with Gasteiger partial charge in [-0.1, -0.05) is 60.6 Å². The van der Waals surface area contributed by atoms with E-state index < -0.39 is 217 Å². The zero-order valence-electron chi connectivity index (χ0n) is 62.9. The predicted molar refractivity (Wildman–Crippen MR) is 376 cm³/mol. The number of aliphatic hydroxyl groups is 15. The highest BCUT2D eigenvalue weighted by atomic mass is 16.7. The molecule has 5 heterocycles. The van der Waals surface area contributed by atoms with Gasteiger partial charge in [0.05, 0.1) is 109 Å². The molecule has 105 heavy (non-hydrogen) atoms. The number of esters is 2. The van der Waals surface area contributed by atoms with Crippen LogP contribution in [-0.2, 0) is 52.3 Å². The fraction of sp³-hybridized carbons (Fsp3) is 0.805. The van der Waals surface area contributed by atoms with Gasteiger partial charge >= 0.3 is 11.9 Å². The van der Waals surface area contributed by atoms with Gasteiger partial charge in [0.2, 0.25) is 5.78 Å². The summed E-state index contributed by atoms with van der Waals surface area (Å²) in [6.07, 6.45) is -22.1. The first-order valence-electron chi connectivity index (χ1n) is 38.0. The van der Waals surface area contributed by atoms with Crippen LogP contribution in [0.15, 0.2) is 42.0 Å². The third kappa shape index (κ3) is 23.0. The summed E-state index contributed by atoms with van der Waals surface area (Å²) in [5.41, 5.74) is -0.586. The first kappa shape index (κ1) is 88.0. The van der Waals surface area contributed by atoms with Crippen LogP contribution in [0.4, 0.5) is 0 Å². The van der Waals surface area contributed by atoms with Crippen LogP contribution in [0.1, 0.15) is 225 Å². The lowest BCUT2D eigenvalue weighted by Gasteiger charge is -2.47. The summed E-state index contributed by atoms with van der Waals surface area (Å²) in [4.78, 5) is 66.2. The van der Waals surface area contributed by atoms with E-state index in [2.05, 4.69) is 0 Å². The SMILES string of the molecule is CCC(O[C@H]1C[C@](C)(O)[C@@H](O[C@H]2CC[C@@H](OC(=O)C(C)C(O)c3ccc4c(c3)C(=O)C=C(C)C4=O)[C@H](C)O2)[C@@H](C)O1)C(C)C(O)C(C)C(O)C(C)C1OC(=O)/C=C/C(C)C(O)CC(O)CCCC(O)CCC(C)C(O)C(=O)C2(O)OC(CC(O)CC(O)CC(O)CCCC(O)C3OC3C1C)CC(O)C2O. The second-order valence-corrected chi connectivity index (χ2v) is 31.7. The summed E-state index contributed by atoms with van der Waals surface area (Å²) in [5.74, 6) is -12.3. The number of hydrogen-bond donors (Lipinski definition) is 15. The largest absolute Gasteiger partial charge is 0.459 e. The van der Waals surface area contributed by atoms with Crippen LogP contribution in [-0.4, -0.2) is 258 Å². The van der Waals surface area contributed by atoms with Crippen molar-refractivity contribution in [1.82, 2.24) is 0 Å². The van der Waals surface area contributed by atoms with E-state index in [1.807, 2.05) is 6.92 Å². The summed E-state index contributed by atoms with van der Waals surface area (Å²) >= 11 is 0. The minimum absolute atomic E-state index is 0.0557. The second kappa shape index (κ2) is 38.6. The lowest BCUT2D eigenvalue weighted by molar-refractivity contribution is -0.330. The number of fused-ring (bicyclic) bond motifs is 4. The Balaban J connectivity index is 0.948. The number of epoxide rings is 1. The average molecular weight is 1500 g/mol. The fourth-order valence-electron chi connectivity index (χ4n) is 15.8. The summed E-state index contributed by atoms with van der Waals surface area (Å²) in [6.45, 7) is 19.9. The van der Waals surface area contributed by atoms with Gasteiger partial charge in [-0.25, -0.2) is 4.79 Å². The molecule has 0 spiro atoms. The minimum atomic E-state index is -3.07. The molecule has 28 nitrogen and oxygen atoms in total. The molecule has 7 rings (SSSR count). The van der Waals surface area contributed by atoms with E-state index in [4.69, 9.17) is 37.9 Å². The third-order valence-electron chi connectivity index (χ3n) is 22.9. The number of ether oxygens (including phenoxy) is 8. The summed E-state index contributed by atoms with van der Waals surface area (Å²) < 4.78 is 49.1. The van der Waals surface area contributed by atoms with Crippen molar-refractivity contribution < 1.29 is 138 Å². The van der Waals surface area contributed by atoms with Gasteiger partial charge in [-0.2, -0.15) is 0 Å². The second-order valence-electron chi connectivity index (χ2n) is 31.7. The quantitative estimate of drug-likeness (QED) is 0.0884. The van der Waals surface area contributed by atoms with Crippen molar-refractivity contribution in [3.8, 4) is 0 Å². The molecule has 2 bridgehead atoms. The predicted octanol–water partition coefficient (Wildman–Crippen LogP) is 3.31. The van der Waals surface area contributed by atoms with Crippen molar-refractivity contribution in [2.75, 3.05) is 0 Å². The summed E-state index contributed by atoms with van der Waals surface area (Å²) in [6, 6.07) is 4.40. The maximum Gasteiger partial charge on any atom is 0.330 e. The van der Waals surface area contributed by atoms with Gasteiger partial charge in [-0.05, 0) is 154 Å². The van der Waals surface area contributed by atoms with Crippen LogP contribution in [0.25, 0.3) is 0 Å². The number of aliphatic hydroxyl groups excluding tert-OH is 13. The number of benzene rings is 1. The molecule has 15 N–H and O–H groups in total. The molecule has 28 heteroatoms. The molecule has 6 aliphatic rings. The van der Waals surface area contributed by atoms with Crippen molar-refractivity contribution in [3.05, 3.63) is 58.7 Å². The van der Waals surface area contributed by atoms with E-state index in [1.165, 1.54) is 44.2 Å². The molecular weight excluding hydrogens is 1370 g/mol. The average Bonchev–Trinajstić information content (AvgIpc) is 1.34. The number of hydrogen-bond acceptors (Lipinski definition) is 28. The van der Waals surface area contributed by atoms with Gasteiger partial charge in [0, 0.05) is 71.6 Å². The Morgan fingerprint density at radius 2 is 1.29 bits per heavy atom. The third-order valence-corrected chi connectivity index (χ3v) is 22.9. The molecule has 1 aromatic rings. The molecule has 4 fully saturated rings. The standard InChI is InChI=1S/C77H122O28/c1-13-59(100-63-35-76(12,96)74(45(11)99-63)103-62-27-25-60(44(10)98-62)101-75(95)42(8)68(92)46-22-24-53-54(29-46)57(85)28-38(4)64(53)88)39(5)66(90)40(6)67(91)41(7)69-43(9)70-71(104-70)55(83)19-15-18-48(79)30-50(81)31-51(82)32-52-34-58(86)72(93)77(97,105-52)73(94)65(89)37(3)20-23-47(78)16-14-17-49(80)33-56(84)36(2)21-26-61(87)102-69/h21-22,24,26,28-29,36-37,39-45,47-52,55-56,58-60,62-63,65-72,74,78-84,86,89-93,96-97H,13-20,23,25,27,30-35H2,1-12H3/b26-21+/t36?,37?,39?,40?,41?,42?,43?,44-,45+,47?,48?,49?,50?,51?,52?,55?,56?,58?,59?,60+,62-,63-,65?,66?,67?,68?,69?,70?,71?,72?,74-,76-,77?/m0/s1. The number of cyclic esters (lactones) is 1. The van der Waals surface area contributed by atoms with Crippen molar-refractivity contribution >= 4 is 29.3 Å². The Morgan fingerprint density at radius 1 is 0.657 bits per heavy atom. The van der Waals surface area contributed by atoms with Crippen molar-refractivity contribution in [3.63, 3.8) is 0 Å². The molecule has 0 radical (unpaired) electrons. The normalized spacial score (nSPS) is 40.8. The van der Waals surface area contributed by atoms with Gasteiger partial charge in [-0.15, -0.1) is 0 Å². The van der Waals surface area contributed by atoms with E-state index in [0.29, 0.717) is 24.8 Å². The number of ketones is 3. The molecule has 26 unspecified atom stereocenters. The number of carbonyl (C=O) groups is 5. The lowest BCUT2D eigenvalue weighted by Crippen LogP contribution is -2.65. The van der Waals surface area contributed by atoms with Crippen LogP contribution in [0.3, 0.4) is 0 Å². The van der Waals surface area contributed by atoms with Crippen LogP contribution in [0.2, 0.25) is 0 Å². The van der Waals surface area contributed by atoms with Gasteiger partial charge in [0.1, 0.15) is 36.6 Å². The number of carbonyl (C=O) groups excluding carboxylic acids is 5. The minimum Gasteiger partial charge on any atom is -0.459 e. The van der Waals surface area contributed by atoms with Gasteiger partial charge in [0.25, 0.3) is 5.79 Å². The topological polar surface area (TPSA) is 466 Å². The van der Waals surface area contributed by atoms with Crippen LogP contribution >= 0.6 is 0 Å². The Hall–Kier alpha value is -4.19. The smallest absolute Gasteiger partial charge is 0.330 e. The first-order valence-corrected chi connectivity index (χ1v) is 38.0. The highest BCUT2D eigenvalue weighted by Gasteiger charge is 2.57. The summed E-state index contributed by atoms with van der Waals surface area (Å²) in [7, 11) is 0.